The van der Waals surface area contributed by atoms with E-state index in [4.69, 9.17) is 9.47 Å². The van der Waals surface area contributed by atoms with Gasteiger partial charge in [0.25, 0.3) is 5.69 Å². The first kappa shape index (κ1) is 13.8. The van der Waals surface area contributed by atoms with Crippen molar-refractivity contribution in [2.75, 3.05) is 20.3 Å². The number of nitro groups is 1. The zero-order chi connectivity index (χ0) is 13.7. The second-order valence-electron chi connectivity index (χ2n) is 4.52. The molecule has 0 aromatic heterocycles. The molecule has 1 saturated heterocycles. The fourth-order valence-corrected chi connectivity index (χ4v) is 2.19. The zero-order valence-electron chi connectivity index (χ0n) is 10.9. The molecule has 0 aliphatic carbocycles. The molecule has 1 aromatic carbocycles. The van der Waals surface area contributed by atoms with Crippen molar-refractivity contribution in [2.45, 2.75) is 25.5 Å². The molecule has 6 heteroatoms. The van der Waals surface area contributed by atoms with E-state index in [9.17, 15) is 10.1 Å². The van der Waals surface area contributed by atoms with Crippen molar-refractivity contribution in [1.29, 1.82) is 0 Å². The van der Waals surface area contributed by atoms with Crippen LogP contribution in [0.15, 0.2) is 18.2 Å². The van der Waals surface area contributed by atoms with Crippen LogP contribution in [0, 0.1) is 10.1 Å². The van der Waals surface area contributed by atoms with E-state index in [1.54, 1.807) is 19.2 Å². The lowest BCUT2D eigenvalue weighted by atomic mass is 10.1. The first-order valence-corrected chi connectivity index (χ1v) is 6.34. The van der Waals surface area contributed by atoms with Crippen LogP contribution in [-0.4, -0.2) is 31.3 Å². The van der Waals surface area contributed by atoms with Crippen LogP contribution in [0.25, 0.3) is 0 Å². The third-order valence-electron chi connectivity index (χ3n) is 3.19. The van der Waals surface area contributed by atoms with Crippen LogP contribution < -0.4 is 10.1 Å². The molecule has 1 heterocycles. The number of hydrogen-bond acceptors (Lipinski definition) is 5. The maximum atomic E-state index is 10.8. The lowest BCUT2D eigenvalue weighted by molar-refractivity contribution is -0.384. The molecule has 1 N–H and O–H groups in total. The van der Waals surface area contributed by atoms with Crippen LogP contribution in [0.3, 0.4) is 0 Å². The number of hydrogen-bond donors (Lipinski definition) is 1. The Balaban J connectivity index is 1.96. The molecule has 1 aliphatic heterocycles. The van der Waals surface area contributed by atoms with Crippen molar-refractivity contribution >= 4 is 5.69 Å². The number of benzene rings is 1. The van der Waals surface area contributed by atoms with E-state index in [0.717, 1.165) is 31.6 Å². The summed E-state index contributed by atoms with van der Waals surface area (Å²) in [5.74, 6) is 0.658. The Bertz CT molecular complexity index is 444. The molecule has 104 valence electrons. The van der Waals surface area contributed by atoms with Gasteiger partial charge in [0.05, 0.1) is 18.1 Å². The Kier molecular flexibility index (Phi) is 4.70. The summed E-state index contributed by atoms with van der Waals surface area (Å²) in [4.78, 5) is 10.4. The SMILES string of the molecule is COc1ccc([N+](=O)[O-])cc1CNCC1CCCO1. The number of nitrogens with one attached hydrogen (secondary N) is 1. The molecule has 6 nitrogen and oxygen atoms in total. The van der Waals surface area contributed by atoms with E-state index in [0.29, 0.717) is 12.3 Å². The normalized spacial score (nSPS) is 18.5. The third-order valence-corrected chi connectivity index (χ3v) is 3.19. The number of nitro benzene ring substituents is 1. The molecule has 0 radical (unpaired) electrons. The third kappa shape index (κ3) is 3.65. The maximum Gasteiger partial charge on any atom is 0.270 e. The van der Waals surface area contributed by atoms with Gasteiger partial charge in [-0.15, -0.1) is 0 Å². The van der Waals surface area contributed by atoms with Gasteiger partial charge < -0.3 is 14.8 Å². The van der Waals surface area contributed by atoms with Gasteiger partial charge in [-0.05, 0) is 18.9 Å². The van der Waals surface area contributed by atoms with Gasteiger partial charge in [0.2, 0.25) is 0 Å². The topological polar surface area (TPSA) is 73.6 Å². The van der Waals surface area contributed by atoms with E-state index in [1.165, 1.54) is 6.07 Å². The summed E-state index contributed by atoms with van der Waals surface area (Å²) in [5.41, 5.74) is 0.865. The number of methoxy groups -OCH3 is 1. The standard InChI is InChI=1S/C13H18N2O4/c1-18-13-5-4-11(15(16)17)7-10(13)8-14-9-12-3-2-6-19-12/h4-5,7,12,14H,2-3,6,8-9H2,1H3. The molecule has 1 fully saturated rings. The number of non-ortho nitro benzene ring substituents is 1. The molecule has 1 aliphatic rings. The molecule has 0 saturated carbocycles. The van der Waals surface area contributed by atoms with Crippen molar-refractivity contribution < 1.29 is 14.4 Å². The second-order valence-corrected chi connectivity index (χ2v) is 4.52. The lowest BCUT2D eigenvalue weighted by Gasteiger charge is -2.12. The van der Waals surface area contributed by atoms with Gasteiger partial charge in [0.1, 0.15) is 5.75 Å². The van der Waals surface area contributed by atoms with Crippen LogP contribution >= 0.6 is 0 Å². The van der Waals surface area contributed by atoms with E-state index in [-0.39, 0.29) is 11.8 Å². The average molecular weight is 266 g/mol. The maximum absolute atomic E-state index is 10.8. The predicted molar refractivity (Wildman–Crippen MR) is 70.3 cm³/mol. The van der Waals surface area contributed by atoms with Gasteiger partial charge in [-0.1, -0.05) is 0 Å². The van der Waals surface area contributed by atoms with Crippen LogP contribution in [0.4, 0.5) is 5.69 Å². The van der Waals surface area contributed by atoms with Gasteiger partial charge >= 0.3 is 0 Å². The Morgan fingerprint density at radius 2 is 2.42 bits per heavy atom. The smallest absolute Gasteiger partial charge is 0.270 e. The second kappa shape index (κ2) is 6.49. The number of nitrogens with zero attached hydrogens (tertiary/aromatic N) is 1. The summed E-state index contributed by atoms with van der Waals surface area (Å²) >= 11 is 0. The van der Waals surface area contributed by atoms with Gasteiger partial charge in [-0.2, -0.15) is 0 Å². The largest absolute Gasteiger partial charge is 0.496 e. The monoisotopic (exact) mass is 266 g/mol. The highest BCUT2D eigenvalue weighted by atomic mass is 16.6. The summed E-state index contributed by atoms with van der Waals surface area (Å²) in [6.45, 7) is 2.11. The minimum Gasteiger partial charge on any atom is -0.496 e. The van der Waals surface area contributed by atoms with E-state index >= 15 is 0 Å². The van der Waals surface area contributed by atoms with Crippen molar-refractivity contribution in [3.8, 4) is 5.75 Å². The first-order chi connectivity index (χ1) is 9.20. The molecule has 0 spiro atoms. The van der Waals surface area contributed by atoms with Crippen molar-refractivity contribution in [3.05, 3.63) is 33.9 Å². The highest BCUT2D eigenvalue weighted by Gasteiger charge is 2.16. The molecular weight excluding hydrogens is 248 g/mol. The van der Waals surface area contributed by atoms with E-state index in [1.807, 2.05) is 0 Å². The van der Waals surface area contributed by atoms with Crippen LogP contribution in [0.1, 0.15) is 18.4 Å². The molecule has 19 heavy (non-hydrogen) atoms. The Labute approximate surface area is 111 Å². The number of rotatable bonds is 6. The van der Waals surface area contributed by atoms with E-state index in [2.05, 4.69) is 5.32 Å². The fraction of sp³-hybridized carbons (Fsp3) is 0.538. The highest BCUT2D eigenvalue weighted by Crippen LogP contribution is 2.23. The predicted octanol–water partition coefficient (Wildman–Crippen LogP) is 1.87. The molecule has 2 rings (SSSR count). The van der Waals surface area contributed by atoms with E-state index < -0.39 is 4.92 Å². The van der Waals surface area contributed by atoms with Crippen LogP contribution in [-0.2, 0) is 11.3 Å². The first-order valence-electron chi connectivity index (χ1n) is 6.34. The summed E-state index contributed by atoms with van der Waals surface area (Å²) in [6, 6.07) is 4.62. The van der Waals surface area contributed by atoms with Crippen molar-refractivity contribution in [1.82, 2.24) is 5.32 Å². The van der Waals surface area contributed by atoms with Gasteiger partial charge in [0.15, 0.2) is 0 Å². The molecule has 1 unspecified atom stereocenters. The molecule has 0 bridgehead atoms. The Hall–Kier alpha value is -1.66. The van der Waals surface area contributed by atoms with Gasteiger partial charge in [-0.25, -0.2) is 0 Å². The Morgan fingerprint density at radius 3 is 3.05 bits per heavy atom. The Morgan fingerprint density at radius 1 is 1.58 bits per heavy atom. The molecule has 1 atom stereocenters. The number of ether oxygens (including phenoxy) is 2. The minimum atomic E-state index is -0.400. The van der Waals surface area contributed by atoms with Crippen molar-refractivity contribution in [2.24, 2.45) is 0 Å². The van der Waals surface area contributed by atoms with Crippen LogP contribution in [0.2, 0.25) is 0 Å². The molecule has 0 amide bonds. The van der Waals surface area contributed by atoms with Gasteiger partial charge in [-0.3, -0.25) is 10.1 Å². The fourth-order valence-electron chi connectivity index (χ4n) is 2.19. The zero-order valence-corrected chi connectivity index (χ0v) is 10.9. The summed E-state index contributed by atoms with van der Waals surface area (Å²) in [7, 11) is 1.56. The van der Waals surface area contributed by atoms with Gasteiger partial charge in [0, 0.05) is 37.4 Å². The lowest BCUT2D eigenvalue weighted by Crippen LogP contribution is -2.26. The highest BCUT2D eigenvalue weighted by molar-refractivity contribution is 5.43. The molecular formula is C13H18N2O4. The summed E-state index contributed by atoms with van der Waals surface area (Å²) in [5, 5.41) is 14.0. The molecule has 1 aromatic rings. The quantitative estimate of drug-likeness (QED) is 0.628. The summed E-state index contributed by atoms with van der Waals surface area (Å²) < 4.78 is 10.7. The van der Waals surface area contributed by atoms with Crippen molar-refractivity contribution in [3.63, 3.8) is 0 Å². The minimum absolute atomic E-state index is 0.0784. The summed E-state index contributed by atoms with van der Waals surface area (Å²) in [6.07, 6.45) is 2.43. The van der Waals surface area contributed by atoms with Crippen LogP contribution in [0.5, 0.6) is 5.75 Å². The average Bonchev–Trinajstić information content (AvgIpc) is 2.91.